The number of hydrogen-bond acceptors (Lipinski definition) is 4. The molecular formula is C20H21N3O3. The second kappa shape index (κ2) is 7.39. The van der Waals surface area contributed by atoms with Gasteiger partial charge in [-0.15, -0.1) is 5.10 Å². The number of aromatic carboxylic acids is 1. The van der Waals surface area contributed by atoms with Crippen LogP contribution in [0.3, 0.4) is 0 Å². The Morgan fingerprint density at radius 2 is 1.92 bits per heavy atom. The first kappa shape index (κ1) is 17.7. The van der Waals surface area contributed by atoms with Gasteiger partial charge in [-0.05, 0) is 54.3 Å². The van der Waals surface area contributed by atoms with Crippen LogP contribution in [0.5, 0.6) is 5.75 Å². The van der Waals surface area contributed by atoms with Crippen molar-refractivity contribution >= 4 is 5.97 Å². The van der Waals surface area contributed by atoms with Crippen LogP contribution in [-0.4, -0.2) is 26.1 Å². The Bertz CT molecular complexity index is 914. The van der Waals surface area contributed by atoms with E-state index in [-0.39, 0.29) is 5.56 Å². The number of nitrogens with zero attached hydrogens (tertiary/aromatic N) is 3. The summed E-state index contributed by atoms with van der Waals surface area (Å²) in [6.07, 6.45) is 1.78. The van der Waals surface area contributed by atoms with E-state index in [4.69, 9.17) is 9.84 Å². The summed E-state index contributed by atoms with van der Waals surface area (Å²) in [5, 5.41) is 17.2. The van der Waals surface area contributed by atoms with E-state index in [1.807, 2.05) is 6.92 Å². The van der Waals surface area contributed by atoms with Gasteiger partial charge < -0.3 is 9.84 Å². The summed E-state index contributed by atoms with van der Waals surface area (Å²) in [4.78, 5) is 10.9. The molecular weight excluding hydrogens is 330 g/mol. The summed E-state index contributed by atoms with van der Waals surface area (Å²) in [5.74, 6) is 0.326. The fourth-order valence-electron chi connectivity index (χ4n) is 2.53. The molecule has 3 rings (SSSR count). The summed E-state index contributed by atoms with van der Waals surface area (Å²) in [6, 6.07) is 12.7. The van der Waals surface area contributed by atoms with E-state index in [0.717, 1.165) is 17.0 Å². The van der Waals surface area contributed by atoms with E-state index >= 15 is 0 Å². The first-order chi connectivity index (χ1) is 12.4. The molecule has 26 heavy (non-hydrogen) atoms. The highest BCUT2D eigenvalue weighted by Crippen LogP contribution is 2.25. The van der Waals surface area contributed by atoms with Gasteiger partial charge in [-0.25, -0.2) is 9.48 Å². The second-order valence-corrected chi connectivity index (χ2v) is 6.47. The van der Waals surface area contributed by atoms with Gasteiger partial charge in [0.15, 0.2) is 0 Å². The van der Waals surface area contributed by atoms with E-state index in [9.17, 15) is 4.79 Å². The zero-order valence-electron chi connectivity index (χ0n) is 15.0. The molecule has 3 aromatic rings. The van der Waals surface area contributed by atoms with Gasteiger partial charge >= 0.3 is 5.97 Å². The lowest BCUT2D eigenvalue weighted by Crippen LogP contribution is -1.99. The number of ether oxygens (including phenoxy) is 1. The Morgan fingerprint density at radius 3 is 2.58 bits per heavy atom. The third-order valence-electron chi connectivity index (χ3n) is 4.17. The fourth-order valence-corrected chi connectivity index (χ4v) is 2.53. The molecule has 0 fully saturated rings. The smallest absolute Gasteiger partial charge is 0.335 e. The molecule has 2 aromatic carbocycles. The van der Waals surface area contributed by atoms with Crippen molar-refractivity contribution in [1.29, 1.82) is 0 Å². The van der Waals surface area contributed by atoms with E-state index in [1.54, 1.807) is 23.0 Å². The Balaban J connectivity index is 1.71. The summed E-state index contributed by atoms with van der Waals surface area (Å²) >= 11 is 0. The Labute approximate surface area is 152 Å². The molecule has 1 heterocycles. The topological polar surface area (TPSA) is 77.2 Å². The van der Waals surface area contributed by atoms with Gasteiger partial charge in [0.05, 0.1) is 17.4 Å². The quantitative estimate of drug-likeness (QED) is 0.727. The zero-order chi connectivity index (χ0) is 18.7. The third kappa shape index (κ3) is 3.91. The van der Waals surface area contributed by atoms with Gasteiger partial charge in [0.2, 0.25) is 0 Å². The van der Waals surface area contributed by atoms with Gasteiger partial charge in [0.25, 0.3) is 0 Å². The minimum Gasteiger partial charge on any atom is -0.487 e. The molecule has 134 valence electrons. The van der Waals surface area contributed by atoms with Gasteiger partial charge in [0.1, 0.15) is 18.1 Å². The molecule has 0 saturated carbocycles. The Kier molecular flexibility index (Phi) is 5.02. The van der Waals surface area contributed by atoms with Crippen molar-refractivity contribution in [2.75, 3.05) is 0 Å². The van der Waals surface area contributed by atoms with Crippen molar-refractivity contribution in [3.05, 3.63) is 71.0 Å². The number of aryl methyl sites for hydroxylation is 1. The van der Waals surface area contributed by atoms with E-state index in [0.29, 0.717) is 18.2 Å². The van der Waals surface area contributed by atoms with Crippen molar-refractivity contribution in [2.24, 2.45) is 0 Å². The molecule has 0 aliphatic rings. The summed E-state index contributed by atoms with van der Waals surface area (Å²) in [7, 11) is 0. The number of hydrogen-bond donors (Lipinski definition) is 1. The zero-order valence-corrected chi connectivity index (χ0v) is 15.0. The Hall–Kier alpha value is -3.15. The largest absolute Gasteiger partial charge is 0.487 e. The van der Waals surface area contributed by atoms with Gasteiger partial charge in [-0.3, -0.25) is 0 Å². The predicted molar refractivity (Wildman–Crippen MR) is 97.9 cm³/mol. The van der Waals surface area contributed by atoms with Crippen LogP contribution in [-0.2, 0) is 6.61 Å². The highest BCUT2D eigenvalue weighted by molar-refractivity contribution is 5.87. The Morgan fingerprint density at radius 1 is 1.19 bits per heavy atom. The highest BCUT2D eigenvalue weighted by atomic mass is 16.5. The first-order valence-corrected chi connectivity index (χ1v) is 8.42. The molecule has 0 saturated heterocycles. The summed E-state index contributed by atoms with van der Waals surface area (Å²) in [6.45, 7) is 6.63. The van der Waals surface area contributed by atoms with Crippen LogP contribution in [0.1, 0.15) is 46.9 Å². The minimum absolute atomic E-state index is 0.234. The fraction of sp³-hybridized carbons (Fsp3) is 0.250. The van der Waals surface area contributed by atoms with Crippen LogP contribution in [0.25, 0.3) is 5.69 Å². The maximum absolute atomic E-state index is 10.9. The van der Waals surface area contributed by atoms with Crippen molar-refractivity contribution in [3.8, 4) is 11.4 Å². The molecule has 0 aliphatic carbocycles. The molecule has 0 atom stereocenters. The van der Waals surface area contributed by atoms with Crippen LogP contribution in [0, 0.1) is 6.92 Å². The molecule has 0 spiro atoms. The lowest BCUT2D eigenvalue weighted by Gasteiger charge is -2.11. The number of carbonyl (C=O) groups is 1. The van der Waals surface area contributed by atoms with Crippen LogP contribution in [0.4, 0.5) is 0 Å². The van der Waals surface area contributed by atoms with Gasteiger partial charge in [-0.1, -0.05) is 31.2 Å². The van der Waals surface area contributed by atoms with Crippen LogP contribution in [0.2, 0.25) is 0 Å². The van der Waals surface area contributed by atoms with Crippen molar-refractivity contribution in [2.45, 2.75) is 33.3 Å². The van der Waals surface area contributed by atoms with Crippen LogP contribution >= 0.6 is 0 Å². The number of aromatic nitrogens is 3. The summed E-state index contributed by atoms with van der Waals surface area (Å²) in [5.41, 5.74) is 3.98. The number of carboxylic acid groups (broad SMARTS) is 1. The van der Waals surface area contributed by atoms with E-state index in [1.165, 1.54) is 17.7 Å². The average Bonchev–Trinajstić information content (AvgIpc) is 3.10. The first-order valence-electron chi connectivity index (χ1n) is 8.42. The van der Waals surface area contributed by atoms with Crippen molar-refractivity contribution < 1.29 is 14.6 Å². The summed E-state index contributed by atoms with van der Waals surface area (Å²) < 4.78 is 7.52. The monoisotopic (exact) mass is 351 g/mol. The lowest BCUT2D eigenvalue weighted by atomic mass is 10.0. The second-order valence-electron chi connectivity index (χ2n) is 6.47. The highest BCUT2D eigenvalue weighted by Gasteiger charge is 2.08. The normalized spacial score (nSPS) is 10.9. The third-order valence-corrected chi connectivity index (χ3v) is 4.17. The minimum atomic E-state index is -0.955. The molecule has 0 radical (unpaired) electrons. The molecule has 6 nitrogen and oxygen atoms in total. The number of benzene rings is 2. The molecule has 6 heteroatoms. The van der Waals surface area contributed by atoms with Crippen LogP contribution < -0.4 is 4.74 Å². The SMILES string of the molecule is Cc1ccc(C(C)C)cc1OCc1cn(-c2ccc(C(=O)O)cc2)nn1. The molecule has 0 unspecified atom stereocenters. The average molecular weight is 351 g/mol. The number of rotatable bonds is 6. The molecule has 1 aromatic heterocycles. The molecule has 0 aliphatic heterocycles. The van der Waals surface area contributed by atoms with E-state index < -0.39 is 5.97 Å². The maximum atomic E-state index is 10.9. The van der Waals surface area contributed by atoms with Crippen LogP contribution in [0.15, 0.2) is 48.7 Å². The van der Waals surface area contributed by atoms with Gasteiger partial charge in [-0.2, -0.15) is 0 Å². The van der Waals surface area contributed by atoms with Gasteiger partial charge in [0, 0.05) is 0 Å². The van der Waals surface area contributed by atoms with Crippen molar-refractivity contribution in [1.82, 2.24) is 15.0 Å². The van der Waals surface area contributed by atoms with Crippen molar-refractivity contribution in [3.63, 3.8) is 0 Å². The lowest BCUT2D eigenvalue weighted by molar-refractivity contribution is 0.0697. The molecule has 0 amide bonds. The molecule has 1 N–H and O–H groups in total. The maximum Gasteiger partial charge on any atom is 0.335 e. The van der Waals surface area contributed by atoms with E-state index in [2.05, 4.69) is 42.4 Å². The standard InChI is InChI=1S/C20H21N3O3/c1-13(2)16-5-4-14(3)19(10-16)26-12-17-11-23(22-21-17)18-8-6-15(7-9-18)20(24)25/h4-11,13H,12H2,1-3H3,(H,24,25). The molecule has 0 bridgehead atoms. The predicted octanol–water partition coefficient (Wildman–Crippen LogP) is 3.98. The number of carboxylic acids is 1.